The fourth-order valence-electron chi connectivity index (χ4n) is 3.78. The lowest BCUT2D eigenvalue weighted by Gasteiger charge is -2.26. The Kier molecular flexibility index (Phi) is 9.11. The van der Waals surface area contributed by atoms with Crippen LogP contribution in [0.3, 0.4) is 0 Å². The number of amides is 4. The van der Waals surface area contributed by atoms with E-state index in [1.807, 2.05) is 12.1 Å². The number of hydrogen-bond donors (Lipinski definition) is 1. The summed E-state index contributed by atoms with van der Waals surface area (Å²) >= 11 is 12.4. The van der Waals surface area contributed by atoms with E-state index in [1.165, 1.54) is 19.3 Å². The van der Waals surface area contributed by atoms with Gasteiger partial charge >= 0.3 is 6.03 Å². The highest BCUT2D eigenvalue weighted by atomic mass is 35.5. The van der Waals surface area contributed by atoms with Crippen LogP contribution in [0.2, 0.25) is 10.0 Å². The third-order valence-corrected chi connectivity index (χ3v) is 6.36. The number of benzene rings is 3. The predicted octanol–water partition coefficient (Wildman–Crippen LogP) is 6.43. The Bertz CT molecular complexity index is 1400. The van der Waals surface area contributed by atoms with Crippen molar-refractivity contribution in [2.24, 2.45) is 0 Å². The number of carbonyl (C=O) groups is 3. The van der Waals surface area contributed by atoms with Gasteiger partial charge in [-0.2, -0.15) is 0 Å². The van der Waals surface area contributed by atoms with Crippen LogP contribution in [-0.2, 0) is 16.2 Å². The predicted molar refractivity (Wildman–Crippen MR) is 150 cm³/mol. The molecule has 0 radical (unpaired) electrons. The van der Waals surface area contributed by atoms with Gasteiger partial charge in [0.05, 0.1) is 24.4 Å². The number of urea groups is 1. The monoisotopic (exact) mass is 568 g/mol. The van der Waals surface area contributed by atoms with Crippen LogP contribution in [0, 0.1) is 0 Å². The highest BCUT2D eigenvalue weighted by Crippen LogP contribution is 2.38. The van der Waals surface area contributed by atoms with E-state index < -0.39 is 17.8 Å². The standard InChI is InChI=1S/C29H26Cl2N2O6/c1-3-4-13-38-22-11-9-21(10-12-22)33-28(35)23(27(34)32-29(33)36)14-19-15-24(31)26(25(16-19)37-2)39-17-18-5-7-20(30)8-6-18/h5-12,14-16H,3-4,13,17H2,1-2H3,(H,32,34,36)/b23-14-. The maximum atomic E-state index is 13.3. The number of nitrogens with one attached hydrogen (secondary N) is 1. The van der Waals surface area contributed by atoms with Gasteiger partial charge < -0.3 is 14.2 Å². The van der Waals surface area contributed by atoms with Gasteiger partial charge in [0.25, 0.3) is 11.8 Å². The van der Waals surface area contributed by atoms with E-state index >= 15 is 0 Å². The first-order valence-corrected chi connectivity index (χ1v) is 13.0. The molecular formula is C29H26Cl2N2O6. The molecule has 0 unspecified atom stereocenters. The molecule has 0 saturated carbocycles. The Morgan fingerprint density at radius 2 is 1.67 bits per heavy atom. The SMILES string of the molecule is CCCCOc1ccc(N2C(=O)NC(=O)/C(=C/c3cc(Cl)c(OCc4ccc(Cl)cc4)c(OC)c3)C2=O)cc1. The van der Waals surface area contributed by atoms with E-state index in [4.69, 9.17) is 37.4 Å². The van der Waals surface area contributed by atoms with Crippen molar-refractivity contribution in [1.82, 2.24) is 5.32 Å². The third kappa shape index (κ3) is 6.71. The summed E-state index contributed by atoms with van der Waals surface area (Å²) in [7, 11) is 1.45. The minimum atomic E-state index is -0.844. The molecule has 3 aromatic carbocycles. The number of hydrogen-bond acceptors (Lipinski definition) is 6. The van der Waals surface area contributed by atoms with Crippen molar-refractivity contribution in [3.63, 3.8) is 0 Å². The summed E-state index contributed by atoms with van der Waals surface area (Å²) in [5.41, 5.74) is 1.33. The molecule has 1 aliphatic heterocycles. The van der Waals surface area contributed by atoms with E-state index in [9.17, 15) is 14.4 Å². The molecule has 10 heteroatoms. The normalized spacial score (nSPS) is 14.4. The Balaban J connectivity index is 1.57. The third-order valence-electron chi connectivity index (χ3n) is 5.82. The lowest BCUT2D eigenvalue weighted by molar-refractivity contribution is -0.122. The van der Waals surface area contributed by atoms with E-state index in [1.54, 1.807) is 42.5 Å². The molecule has 1 saturated heterocycles. The topological polar surface area (TPSA) is 94.2 Å². The quantitative estimate of drug-likeness (QED) is 0.172. The Hall–Kier alpha value is -4.01. The molecule has 4 rings (SSSR count). The zero-order valence-corrected chi connectivity index (χ0v) is 22.8. The molecule has 8 nitrogen and oxygen atoms in total. The van der Waals surface area contributed by atoms with Crippen LogP contribution in [0.15, 0.2) is 66.2 Å². The number of carbonyl (C=O) groups excluding carboxylic acids is 3. The highest BCUT2D eigenvalue weighted by Gasteiger charge is 2.37. The second-order valence-electron chi connectivity index (χ2n) is 8.60. The molecule has 202 valence electrons. The van der Waals surface area contributed by atoms with Gasteiger partial charge in [-0.3, -0.25) is 14.9 Å². The zero-order chi connectivity index (χ0) is 27.9. The van der Waals surface area contributed by atoms with Crippen molar-refractivity contribution in [3.8, 4) is 17.2 Å². The summed E-state index contributed by atoms with van der Waals surface area (Å²) < 4.78 is 17.0. The van der Waals surface area contributed by atoms with Crippen molar-refractivity contribution in [2.45, 2.75) is 26.4 Å². The number of anilines is 1. The molecule has 0 aromatic heterocycles. The van der Waals surface area contributed by atoms with Gasteiger partial charge in [-0.25, -0.2) is 9.69 Å². The molecular weight excluding hydrogens is 543 g/mol. The molecule has 0 aliphatic carbocycles. The number of barbiturate groups is 1. The van der Waals surface area contributed by atoms with Crippen LogP contribution in [0.5, 0.6) is 17.2 Å². The van der Waals surface area contributed by atoms with E-state index in [-0.39, 0.29) is 17.2 Å². The number of rotatable bonds is 10. The first-order chi connectivity index (χ1) is 18.8. The van der Waals surface area contributed by atoms with Gasteiger partial charge in [-0.05, 0) is 72.2 Å². The second-order valence-corrected chi connectivity index (χ2v) is 9.45. The minimum Gasteiger partial charge on any atom is -0.494 e. The van der Waals surface area contributed by atoms with Crippen LogP contribution in [0.4, 0.5) is 10.5 Å². The lowest BCUT2D eigenvalue weighted by Crippen LogP contribution is -2.54. The number of imide groups is 2. The number of unbranched alkanes of at least 4 members (excludes halogenated alkanes) is 1. The van der Waals surface area contributed by atoms with Crippen molar-refractivity contribution in [3.05, 3.63) is 87.4 Å². The summed E-state index contributed by atoms with van der Waals surface area (Å²) in [5.74, 6) is -0.378. The molecule has 0 bridgehead atoms. The molecule has 1 heterocycles. The van der Waals surface area contributed by atoms with Crippen LogP contribution < -0.4 is 24.4 Å². The maximum Gasteiger partial charge on any atom is 0.335 e. The fourth-order valence-corrected chi connectivity index (χ4v) is 4.18. The van der Waals surface area contributed by atoms with Crippen LogP contribution in [0.25, 0.3) is 6.08 Å². The maximum absolute atomic E-state index is 13.3. The van der Waals surface area contributed by atoms with Gasteiger partial charge in [-0.1, -0.05) is 48.7 Å². The van der Waals surface area contributed by atoms with E-state index in [0.29, 0.717) is 40.1 Å². The summed E-state index contributed by atoms with van der Waals surface area (Å²) in [4.78, 5) is 39.4. The zero-order valence-electron chi connectivity index (χ0n) is 21.3. The first-order valence-electron chi connectivity index (χ1n) is 12.2. The van der Waals surface area contributed by atoms with Gasteiger partial charge in [0, 0.05) is 5.02 Å². The Morgan fingerprint density at radius 3 is 2.33 bits per heavy atom. The Labute approximate surface area is 236 Å². The summed E-state index contributed by atoms with van der Waals surface area (Å²) in [6, 6.07) is 15.9. The van der Waals surface area contributed by atoms with E-state index in [2.05, 4.69) is 12.2 Å². The number of methoxy groups -OCH3 is 1. The highest BCUT2D eigenvalue weighted by molar-refractivity contribution is 6.39. The summed E-state index contributed by atoms with van der Waals surface area (Å²) in [6.07, 6.45) is 3.26. The van der Waals surface area contributed by atoms with Gasteiger partial charge in [0.15, 0.2) is 11.5 Å². The summed E-state index contributed by atoms with van der Waals surface area (Å²) in [5, 5.41) is 3.04. The van der Waals surface area contributed by atoms with Crippen LogP contribution in [-0.4, -0.2) is 31.6 Å². The van der Waals surface area contributed by atoms with Gasteiger partial charge in [-0.15, -0.1) is 0 Å². The number of halogens is 2. The van der Waals surface area contributed by atoms with Gasteiger partial charge in [0.2, 0.25) is 0 Å². The van der Waals surface area contributed by atoms with Crippen molar-refractivity contribution >= 4 is 52.8 Å². The molecule has 39 heavy (non-hydrogen) atoms. The lowest BCUT2D eigenvalue weighted by atomic mass is 10.1. The molecule has 0 atom stereocenters. The molecule has 1 aliphatic rings. The molecule has 3 aromatic rings. The largest absolute Gasteiger partial charge is 0.494 e. The van der Waals surface area contributed by atoms with Crippen molar-refractivity contribution < 1.29 is 28.6 Å². The minimum absolute atomic E-state index is 0.213. The van der Waals surface area contributed by atoms with Crippen molar-refractivity contribution in [1.29, 1.82) is 0 Å². The Morgan fingerprint density at radius 1 is 0.949 bits per heavy atom. The summed E-state index contributed by atoms with van der Waals surface area (Å²) in [6.45, 7) is 2.85. The second kappa shape index (κ2) is 12.7. The average Bonchev–Trinajstić information content (AvgIpc) is 2.92. The van der Waals surface area contributed by atoms with Crippen LogP contribution >= 0.6 is 23.2 Å². The smallest absolute Gasteiger partial charge is 0.335 e. The molecule has 1 fully saturated rings. The molecule has 4 amide bonds. The molecule has 1 N–H and O–H groups in total. The first kappa shape index (κ1) is 28.0. The fraction of sp³-hybridized carbons (Fsp3) is 0.207. The number of nitrogens with zero attached hydrogens (tertiary/aromatic N) is 1. The number of ether oxygens (including phenoxy) is 3. The van der Waals surface area contributed by atoms with Gasteiger partial charge in [0.1, 0.15) is 17.9 Å². The molecule has 0 spiro atoms. The van der Waals surface area contributed by atoms with E-state index in [0.717, 1.165) is 23.3 Å². The van der Waals surface area contributed by atoms with Crippen molar-refractivity contribution in [2.75, 3.05) is 18.6 Å². The average molecular weight is 569 g/mol. The van der Waals surface area contributed by atoms with Crippen LogP contribution in [0.1, 0.15) is 30.9 Å².